The first-order valence-electron chi connectivity index (χ1n) is 29.2. The Morgan fingerprint density at radius 1 is 0.890 bits per heavy atom. The molecule has 3 aliphatic rings. The Hall–Kier alpha value is -1.93. The van der Waals surface area contributed by atoms with Gasteiger partial charge in [0, 0.05) is 63.7 Å². The number of carbonyl (C=O) groups excluding carboxylic acids is 2. The standard InChI is InChI=1S/C58H108N2O10Si3/c1-19-38-59-39-41-60(42-40-59)56(62)65-52-34-33-46(14)54(66-53(61)43-49(68-71(22-4,23-5)24-6)35-37-58(52,18)67-48(16)63-21-3)45(13)32-31-36-57(17,70-73(28-10,29-11)30-12)44-51-55(64-51)47(15)50(20-2)69-72(25-7,26-8)27-9/h19,31-34,36,46-52,54-55H,1,20-30,35,37-44H2,2-18H3/b34-33-,36-31+,45-32+. The summed E-state index contributed by atoms with van der Waals surface area (Å²) in [6, 6.07) is 9.34. The van der Waals surface area contributed by atoms with Gasteiger partial charge in [-0.3, -0.25) is 9.69 Å². The summed E-state index contributed by atoms with van der Waals surface area (Å²) in [5.41, 5.74) is -0.704. The molecule has 0 aromatic carbocycles. The molecule has 12 nitrogen and oxygen atoms in total. The summed E-state index contributed by atoms with van der Waals surface area (Å²) in [6.45, 7) is 44.8. The minimum atomic E-state index is -2.18. The minimum absolute atomic E-state index is 0.0724. The van der Waals surface area contributed by atoms with E-state index < -0.39 is 60.8 Å². The highest BCUT2D eigenvalue weighted by Gasteiger charge is 2.51. The van der Waals surface area contributed by atoms with E-state index >= 15 is 0 Å². The summed E-state index contributed by atoms with van der Waals surface area (Å²) in [5, 5.41) is 0. The van der Waals surface area contributed by atoms with Crippen molar-refractivity contribution < 1.29 is 46.6 Å². The van der Waals surface area contributed by atoms with Crippen LogP contribution in [0.3, 0.4) is 0 Å². The number of nitrogens with zero attached hydrogens (tertiary/aromatic N) is 2. The van der Waals surface area contributed by atoms with Crippen LogP contribution in [0.15, 0.2) is 48.6 Å². The van der Waals surface area contributed by atoms with Crippen LogP contribution in [-0.2, 0) is 41.8 Å². The third kappa shape index (κ3) is 18.9. The first-order chi connectivity index (χ1) is 34.6. The number of carbonyl (C=O) groups is 2. The number of ether oxygens (including phenoxy) is 5. The van der Waals surface area contributed by atoms with Crippen molar-refractivity contribution in [3.05, 3.63) is 48.6 Å². The molecule has 3 rings (SSSR count). The zero-order valence-electron chi connectivity index (χ0n) is 49.5. The van der Waals surface area contributed by atoms with Crippen LogP contribution in [0, 0.1) is 11.8 Å². The molecule has 11 unspecified atom stereocenters. The largest absolute Gasteiger partial charge is 0.457 e. The van der Waals surface area contributed by atoms with Gasteiger partial charge in [0.25, 0.3) is 0 Å². The van der Waals surface area contributed by atoms with Crippen molar-refractivity contribution in [2.75, 3.05) is 39.3 Å². The molecule has 3 aliphatic heterocycles. The van der Waals surface area contributed by atoms with Gasteiger partial charge in [-0.2, -0.15) is 0 Å². The second kappa shape index (κ2) is 30.9. The molecule has 3 heterocycles. The van der Waals surface area contributed by atoms with Crippen molar-refractivity contribution in [3.8, 4) is 0 Å². The Labute approximate surface area is 449 Å². The molecule has 1 amide bonds. The van der Waals surface area contributed by atoms with E-state index in [1.54, 1.807) is 4.90 Å². The molecular formula is C58H108N2O10Si3. The van der Waals surface area contributed by atoms with Crippen molar-refractivity contribution in [3.63, 3.8) is 0 Å². The lowest BCUT2D eigenvalue weighted by atomic mass is 9.88. The summed E-state index contributed by atoms with van der Waals surface area (Å²) in [5.74, 6) is -0.308. The molecule has 0 radical (unpaired) electrons. The van der Waals surface area contributed by atoms with Gasteiger partial charge in [0.2, 0.25) is 0 Å². The lowest BCUT2D eigenvalue weighted by Crippen LogP contribution is -2.52. The molecule has 0 bridgehead atoms. The van der Waals surface area contributed by atoms with Crippen molar-refractivity contribution in [2.45, 2.75) is 258 Å². The average Bonchev–Trinajstić information content (AvgIpc) is 4.15. The number of esters is 1. The smallest absolute Gasteiger partial charge is 0.410 e. The van der Waals surface area contributed by atoms with Gasteiger partial charge < -0.3 is 41.9 Å². The third-order valence-corrected chi connectivity index (χ3v) is 31.6. The SMILES string of the molecule is C=CCN1CCN(C(=O)OC2/C=C\C(C)C(/C(C)=C/C=C/C(C)(CC3OC3C(C)C(CC)O[Si](CC)(CC)CC)O[Si](CC)(CC)CC)OC(=O)CC(O[Si](CC)(CC)CC)CCC2(C)OC(C)OCC)CC1. The number of rotatable bonds is 30. The fourth-order valence-electron chi connectivity index (χ4n) is 11.5. The molecule has 0 N–H and O–H groups in total. The first kappa shape index (κ1) is 65.4. The number of epoxide rings is 1. The number of cyclic esters (lactones) is 1. The highest BCUT2D eigenvalue weighted by Crippen LogP contribution is 2.43. The number of hydrogen-bond acceptors (Lipinski definition) is 11. The predicted molar refractivity (Wildman–Crippen MR) is 308 cm³/mol. The molecule has 0 saturated carbocycles. The van der Waals surface area contributed by atoms with Crippen LogP contribution in [0.2, 0.25) is 54.4 Å². The van der Waals surface area contributed by atoms with E-state index in [1.807, 2.05) is 45.9 Å². The fraction of sp³-hybridized carbons (Fsp3) is 0.828. The van der Waals surface area contributed by atoms with Gasteiger partial charge in [-0.1, -0.05) is 113 Å². The maximum atomic E-state index is 14.4. The number of piperazine rings is 1. The van der Waals surface area contributed by atoms with Gasteiger partial charge in [-0.05, 0) is 120 Å². The van der Waals surface area contributed by atoms with Gasteiger partial charge in [-0.25, -0.2) is 4.79 Å². The molecule has 422 valence electrons. The van der Waals surface area contributed by atoms with Crippen molar-refractivity contribution >= 4 is 37.0 Å². The monoisotopic (exact) mass is 1080 g/mol. The van der Waals surface area contributed by atoms with Crippen LogP contribution in [0.1, 0.15) is 150 Å². The summed E-state index contributed by atoms with van der Waals surface area (Å²) in [4.78, 5) is 32.6. The van der Waals surface area contributed by atoms with E-state index in [1.165, 1.54) is 0 Å². The summed E-state index contributed by atoms with van der Waals surface area (Å²) in [7, 11) is -6.04. The van der Waals surface area contributed by atoms with E-state index in [2.05, 4.69) is 120 Å². The summed E-state index contributed by atoms with van der Waals surface area (Å²) < 4.78 is 54.2. The fourth-order valence-corrected chi connectivity index (χ4v) is 20.5. The molecule has 0 spiro atoms. The molecule has 0 aliphatic carbocycles. The lowest BCUT2D eigenvalue weighted by molar-refractivity contribution is -0.222. The molecule has 0 aromatic rings. The Morgan fingerprint density at radius 2 is 1.48 bits per heavy atom. The zero-order chi connectivity index (χ0) is 54.6. The Bertz CT molecular complexity index is 1720. The average molecular weight is 1080 g/mol. The number of hydrogen-bond donors (Lipinski definition) is 0. The van der Waals surface area contributed by atoms with Crippen LogP contribution < -0.4 is 0 Å². The second-order valence-corrected chi connectivity index (χ2v) is 36.3. The number of amides is 1. The normalized spacial score (nSPS) is 27.8. The Morgan fingerprint density at radius 3 is 2.01 bits per heavy atom. The van der Waals surface area contributed by atoms with Gasteiger partial charge in [-0.15, -0.1) is 6.58 Å². The van der Waals surface area contributed by atoms with E-state index in [9.17, 15) is 9.59 Å². The number of allylic oxidation sites excluding steroid dienone is 2. The maximum absolute atomic E-state index is 14.4. The van der Waals surface area contributed by atoms with Crippen LogP contribution in [0.25, 0.3) is 0 Å². The van der Waals surface area contributed by atoms with Gasteiger partial charge in [0.1, 0.15) is 11.7 Å². The topological polar surface area (TPSA) is 118 Å². The van der Waals surface area contributed by atoms with Crippen LogP contribution in [0.4, 0.5) is 4.79 Å². The van der Waals surface area contributed by atoms with Crippen molar-refractivity contribution in [2.24, 2.45) is 11.8 Å². The summed E-state index contributed by atoms with van der Waals surface area (Å²) >= 11 is 0. The molecule has 2 fully saturated rings. The van der Waals surface area contributed by atoms with E-state index in [4.69, 9.17) is 37.0 Å². The Kier molecular flexibility index (Phi) is 27.6. The van der Waals surface area contributed by atoms with E-state index in [0.29, 0.717) is 32.5 Å². The van der Waals surface area contributed by atoms with E-state index in [-0.39, 0.29) is 48.6 Å². The minimum Gasteiger partial charge on any atom is -0.457 e. The van der Waals surface area contributed by atoms with Gasteiger partial charge >= 0.3 is 12.1 Å². The van der Waals surface area contributed by atoms with E-state index in [0.717, 1.165) is 92.4 Å². The first-order valence-corrected chi connectivity index (χ1v) is 36.8. The predicted octanol–water partition coefficient (Wildman–Crippen LogP) is 14.0. The van der Waals surface area contributed by atoms with Gasteiger partial charge in [0.15, 0.2) is 37.3 Å². The lowest BCUT2D eigenvalue weighted by Gasteiger charge is -2.41. The van der Waals surface area contributed by atoms with Crippen LogP contribution >= 0.6 is 0 Å². The molecule has 73 heavy (non-hydrogen) atoms. The Balaban J connectivity index is 2.10. The molecule has 0 aromatic heterocycles. The van der Waals surface area contributed by atoms with Crippen LogP contribution in [0.5, 0.6) is 0 Å². The van der Waals surface area contributed by atoms with Gasteiger partial charge in [0.05, 0.1) is 30.3 Å². The van der Waals surface area contributed by atoms with Crippen molar-refractivity contribution in [1.82, 2.24) is 9.80 Å². The third-order valence-electron chi connectivity index (χ3n) is 17.4. The molecule has 15 heteroatoms. The molecule has 2 saturated heterocycles. The van der Waals surface area contributed by atoms with Crippen LogP contribution in [-0.4, -0.2) is 140 Å². The second-order valence-electron chi connectivity index (χ2n) is 22.2. The zero-order valence-corrected chi connectivity index (χ0v) is 52.5. The summed E-state index contributed by atoms with van der Waals surface area (Å²) in [6.07, 6.45) is 12.7. The van der Waals surface area contributed by atoms with Crippen molar-refractivity contribution in [1.29, 1.82) is 0 Å². The highest BCUT2D eigenvalue weighted by atomic mass is 28.4. The molecule has 11 atom stereocenters. The quantitative estimate of drug-likeness (QED) is 0.0171. The molecular weight excluding hydrogens is 969 g/mol. The maximum Gasteiger partial charge on any atom is 0.410 e. The highest BCUT2D eigenvalue weighted by molar-refractivity contribution is 6.74.